The van der Waals surface area contributed by atoms with E-state index in [0.29, 0.717) is 16.9 Å². The van der Waals surface area contributed by atoms with Gasteiger partial charge in [-0.3, -0.25) is 0 Å². The summed E-state index contributed by atoms with van der Waals surface area (Å²) in [4.78, 5) is 24.9. The summed E-state index contributed by atoms with van der Waals surface area (Å²) >= 11 is 0. The molecule has 4 aromatic rings. The first-order valence-electron chi connectivity index (χ1n) is 9.48. The van der Waals surface area contributed by atoms with E-state index in [0.717, 1.165) is 16.2 Å². The predicted octanol–water partition coefficient (Wildman–Crippen LogP) is 4.33. The third-order valence-corrected chi connectivity index (χ3v) is 5.00. The molecule has 0 aliphatic rings. The number of ether oxygens (including phenoxy) is 4. The van der Waals surface area contributed by atoms with Crippen LogP contribution in [0.4, 0.5) is 0 Å². The maximum absolute atomic E-state index is 12.8. The van der Waals surface area contributed by atoms with Gasteiger partial charge in [-0.05, 0) is 29.0 Å². The van der Waals surface area contributed by atoms with Gasteiger partial charge in [0.15, 0.2) is 11.5 Å². The fourth-order valence-corrected chi connectivity index (χ4v) is 3.62. The Morgan fingerprint density at radius 1 is 0.903 bits per heavy atom. The Morgan fingerprint density at radius 2 is 1.68 bits per heavy atom. The molecule has 31 heavy (non-hydrogen) atoms. The molecule has 4 rings (SSSR count). The highest BCUT2D eigenvalue weighted by Crippen LogP contribution is 2.40. The quantitative estimate of drug-likeness (QED) is 0.261. The van der Waals surface area contributed by atoms with E-state index in [-0.39, 0.29) is 23.7 Å². The smallest absolute Gasteiger partial charge is 0.342 e. The number of carbonyl (C=O) groups is 1. The van der Waals surface area contributed by atoms with Crippen molar-refractivity contribution in [2.75, 3.05) is 21.3 Å². The van der Waals surface area contributed by atoms with Crippen LogP contribution in [0.1, 0.15) is 15.9 Å². The van der Waals surface area contributed by atoms with Gasteiger partial charge in [0.2, 0.25) is 5.75 Å². The molecule has 7 heteroatoms. The van der Waals surface area contributed by atoms with Gasteiger partial charge >= 0.3 is 11.6 Å². The second kappa shape index (κ2) is 8.39. The molecule has 0 amide bonds. The minimum absolute atomic E-state index is 0.119. The Balaban J connectivity index is 1.73. The molecule has 0 unspecified atom stereocenters. The minimum Gasteiger partial charge on any atom is -0.493 e. The zero-order valence-corrected chi connectivity index (χ0v) is 17.3. The van der Waals surface area contributed by atoms with E-state index in [1.54, 1.807) is 12.1 Å². The van der Waals surface area contributed by atoms with Gasteiger partial charge in [0, 0.05) is 17.0 Å². The topological polar surface area (TPSA) is 84.2 Å². The molecule has 0 atom stereocenters. The largest absolute Gasteiger partial charge is 0.493 e. The van der Waals surface area contributed by atoms with Gasteiger partial charge in [-0.25, -0.2) is 9.59 Å². The molecular formula is C24H20O7. The zero-order chi connectivity index (χ0) is 22.0. The van der Waals surface area contributed by atoms with Gasteiger partial charge in [-0.2, -0.15) is 0 Å². The Bertz CT molecular complexity index is 1340. The van der Waals surface area contributed by atoms with Crippen molar-refractivity contribution in [2.45, 2.75) is 6.61 Å². The average Bonchev–Trinajstić information content (AvgIpc) is 2.80. The molecule has 1 heterocycles. The van der Waals surface area contributed by atoms with E-state index in [9.17, 15) is 9.59 Å². The summed E-state index contributed by atoms with van der Waals surface area (Å²) in [5.41, 5.74) is 0.645. The number of fused-ring (bicyclic) bond motifs is 3. The van der Waals surface area contributed by atoms with E-state index in [2.05, 4.69) is 0 Å². The molecule has 1 aromatic heterocycles. The van der Waals surface area contributed by atoms with Crippen molar-refractivity contribution >= 4 is 27.7 Å². The summed E-state index contributed by atoms with van der Waals surface area (Å²) in [5, 5.41) is 2.61. The lowest BCUT2D eigenvalue weighted by Crippen LogP contribution is -2.10. The van der Waals surface area contributed by atoms with Crippen LogP contribution < -0.4 is 19.8 Å². The van der Waals surface area contributed by atoms with E-state index in [1.807, 2.05) is 30.3 Å². The number of methoxy groups -OCH3 is 3. The van der Waals surface area contributed by atoms with Gasteiger partial charge in [-0.15, -0.1) is 0 Å². The summed E-state index contributed by atoms with van der Waals surface area (Å²) in [5.74, 6) is 0.291. The maximum atomic E-state index is 12.8. The van der Waals surface area contributed by atoms with Gasteiger partial charge in [-0.1, -0.05) is 30.3 Å². The highest BCUT2D eigenvalue weighted by molar-refractivity contribution is 6.07. The van der Waals surface area contributed by atoms with Gasteiger partial charge in [0.25, 0.3) is 0 Å². The van der Waals surface area contributed by atoms with Crippen molar-refractivity contribution in [1.29, 1.82) is 0 Å². The maximum Gasteiger partial charge on any atom is 0.342 e. The van der Waals surface area contributed by atoms with Gasteiger partial charge in [0.1, 0.15) is 17.8 Å². The Kier molecular flexibility index (Phi) is 5.49. The molecule has 0 N–H and O–H groups in total. The monoisotopic (exact) mass is 420 g/mol. The van der Waals surface area contributed by atoms with Crippen LogP contribution in [0.3, 0.4) is 0 Å². The minimum atomic E-state index is -0.626. The van der Waals surface area contributed by atoms with Crippen LogP contribution in [0.5, 0.6) is 17.2 Å². The Hall–Kier alpha value is -4.00. The number of carbonyl (C=O) groups excluding carboxylic acids is 1. The molecule has 0 spiro atoms. The predicted molar refractivity (Wildman–Crippen MR) is 115 cm³/mol. The van der Waals surface area contributed by atoms with Gasteiger partial charge in [0.05, 0.1) is 21.3 Å². The molecule has 3 aromatic carbocycles. The van der Waals surface area contributed by atoms with Crippen LogP contribution in [-0.2, 0) is 11.3 Å². The first-order chi connectivity index (χ1) is 15.1. The molecular weight excluding hydrogens is 400 g/mol. The summed E-state index contributed by atoms with van der Waals surface area (Å²) in [7, 11) is 4.37. The number of hydrogen-bond donors (Lipinski definition) is 0. The van der Waals surface area contributed by atoms with E-state index in [1.165, 1.54) is 33.5 Å². The summed E-state index contributed by atoms with van der Waals surface area (Å²) in [6.45, 7) is -0.119. The third-order valence-electron chi connectivity index (χ3n) is 5.00. The molecule has 0 aliphatic carbocycles. The van der Waals surface area contributed by atoms with Crippen LogP contribution in [0.15, 0.2) is 63.8 Å². The van der Waals surface area contributed by atoms with Gasteiger partial charge < -0.3 is 23.4 Å². The summed E-state index contributed by atoms with van der Waals surface area (Å²) in [6.07, 6.45) is 0. The number of benzene rings is 3. The highest BCUT2D eigenvalue weighted by atomic mass is 16.5. The highest BCUT2D eigenvalue weighted by Gasteiger charge is 2.22. The fourth-order valence-electron chi connectivity index (χ4n) is 3.62. The number of rotatable bonds is 6. The molecule has 0 saturated heterocycles. The lowest BCUT2D eigenvalue weighted by Gasteiger charge is -2.15. The second-order valence-corrected chi connectivity index (χ2v) is 6.71. The molecule has 0 fully saturated rings. The van der Waals surface area contributed by atoms with E-state index in [4.69, 9.17) is 23.4 Å². The summed E-state index contributed by atoms with van der Waals surface area (Å²) < 4.78 is 26.8. The van der Waals surface area contributed by atoms with Crippen molar-refractivity contribution in [1.82, 2.24) is 0 Å². The zero-order valence-electron chi connectivity index (χ0n) is 17.3. The third kappa shape index (κ3) is 3.66. The van der Waals surface area contributed by atoms with Crippen LogP contribution >= 0.6 is 0 Å². The van der Waals surface area contributed by atoms with Crippen molar-refractivity contribution in [3.63, 3.8) is 0 Å². The first-order valence-corrected chi connectivity index (χ1v) is 9.48. The van der Waals surface area contributed by atoms with Crippen LogP contribution in [0.25, 0.3) is 21.7 Å². The lowest BCUT2D eigenvalue weighted by atomic mass is 10.0. The molecule has 0 bridgehead atoms. The second-order valence-electron chi connectivity index (χ2n) is 6.71. The molecule has 0 saturated carbocycles. The van der Waals surface area contributed by atoms with Crippen molar-refractivity contribution in [3.05, 3.63) is 76.1 Å². The van der Waals surface area contributed by atoms with E-state index >= 15 is 0 Å². The Morgan fingerprint density at radius 3 is 2.42 bits per heavy atom. The number of esters is 1. The van der Waals surface area contributed by atoms with Crippen molar-refractivity contribution in [2.24, 2.45) is 0 Å². The van der Waals surface area contributed by atoms with E-state index < -0.39 is 11.6 Å². The lowest BCUT2D eigenvalue weighted by molar-refractivity contribution is 0.0469. The summed E-state index contributed by atoms with van der Waals surface area (Å²) in [6, 6.07) is 15.8. The Labute approximate surface area is 177 Å². The molecule has 0 aliphatic heterocycles. The molecule has 7 nitrogen and oxygen atoms in total. The van der Waals surface area contributed by atoms with Crippen LogP contribution in [-0.4, -0.2) is 27.3 Å². The van der Waals surface area contributed by atoms with Crippen molar-refractivity contribution in [3.8, 4) is 17.2 Å². The SMILES string of the molecule is COc1ccc(C(=O)OCc2cc(=O)oc3ccc4ccccc4c23)c(OC)c1OC. The van der Waals surface area contributed by atoms with Crippen LogP contribution in [0, 0.1) is 0 Å². The normalized spacial score (nSPS) is 10.8. The average molecular weight is 420 g/mol. The number of hydrogen-bond acceptors (Lipinski definition) is 7. The fraction of sp³-hybridized carbons (Fsp3) is 0.167. The standard InChI is InChI=1S/C24H20O7/c1-27-19-11-9-17(22(28-2)23(19)29-3)24(26)30-13-15-12-20(25)31-18-10-8-14-6-4-5-7-16(14)21(15)18/h4-12H,13H2,1-3H3. The molecule has 0 radical (unpaired) electrons. The first kappa shape index (κ1) is 20.3. The molecule has 158 valence electrons. The van der Waals surface area contributed by atoms with Crippen molar-refractivity contribution < 1.29 is 28.2 Å². The van der Waals surface area contributed by atoms with Crippen LogP contribution in [0.2, 0.25) is 0 Å².